The van der Waals surface area contributed by atoms with Crippen molar-refractivity contribution >= 4 is 12.0 Å². The van der Waals surface area contributed by atoms with E-state index in [1.165, 1.54) is 5.56 Å². The summed E-state index contributed by atoms with van der Waals surface area (Å²) in [5, 5.41) is 8.72. The average molecular weight is 204 g/mol. The molecule has 0 bridgehead atoms. The second-order valence-corrected chi connectivity index (χ2v) is 3.95. The van der Waals surface area contributed by atoms with Gasteiger partial charge in [0.25, 0.3) is 0 Å². The van der Waals surface area contributed by atoms with Crippen LogP contribution in [0.4, 0.5) is 0 Å². The Morgan fingerprint density at radius 1 is 1.27 bits per heavy atom. The van der Waals surface area contributed by atoms with Gasteiger partial charge in [-0.1, -0.05) is 38.1 Å². The third-order valence-electron chi connectivity index (χ3n) is 2.32. The predicted molar refractivity (Wildman–Crippen MR) is 61.8 cm³/mol. The zero-order valence-corrected chi connectivity index (χ0v) is 9.32. The molecule has 1 N–H and O–H groups in total. The van der Waals surface area contributed by atoms with Crippen LogP contribution in [0.2, 0.25) is 0 Å². The summed E-state index contributed by atoms with van der Waals surface area (Å²) in [6, 6.07) is 7.96. The molecule has 0 aliphatic carbocycles. The summed E-state index contributed by atoms with van der Waals surface area (Å²) in [4.78, 5) is 10.6. The topological polar surface area (TPSA) is 37.3 Å². The summed E-state index contributed by atoms with van der Waals surface area (Å²) >= 11 is 0. The Hall–Kier alpha value is -1.57. The van der Waals surface area contributed by atoms with Crippen LogP contribution in [-0.2, 0) is 4.79 Å². The number of benzene rings is 1. The van der Waals surface area contributed by atoms with Crippen molar-refractivity contribution in [3.63, 3.8) is 0 Å². The minimum Gasteiger partial charge on any atom is -0.478 e. The number of hydrogen-bond acceptors (Lipinski definition) is 1. The van der Waals surface area contributed by atoms with Crippen molar-refractivity contribution in [2.24, 2.45) is 0 Å². The molecule has 0 aliphatic heterocycles. The van der Waals surface area contributed by atoms with E-state index in [1.807, 2.05) is 24.3 Å². The molecule has 2 nitrogen and oxygen atoms in total. The molecule has 0 saturated heterocycles. The molecule has 0 aromatic heterocycles. The number of aliphatic carboxylic acids is 1. The third kappa shape index (κ3) is 3.24. The lowest BCUT2D eigenvalue weighted by atomic mass is 10.0. The van der Waals surface area contributed by atoms with Crippen molar-refractivity contribution in [2.75, 3.05) is 0 Å². The highest BCUT2D eigenvalue weighted by Gasteiger charge is 2.01. The highest BCUT2D eigenvalue weighted by Crippen LogP contribution is 2.16. The zero-order chi connectivity index (χ0) is 11.4. The van der Waals surface area contributed by atoms with Crippen LogP contribution in [0.3, 0.4) is 0 Å². The molecular weight excluding hydrogens is 188 g/mol. The monoisotopic (exact) mass is 204 g/mol. The summed E-state index contributed by atoms with van der Waals surface area (Å²) in [5.41, 5.74) is 2.55. The highest BCUT2D eigenvalue weighted by atomic mass is 16.4. The lowest BCUT2D eigenvalue weighted by molar-refractivity contribution is -0.132. The van der Waals surface area contributed by atoms with E-state index < -0.39 is 5.97 Å². The molecular formula is C13H16O2. The Bertz CT molecular complexity index is 372. The average Bonchev–Trinajstić information content (AvgIpc) is 2.18. The molecule has 0 aliphatic rings. The van der Waals surface area contributed by atoms with E-state index in [0.717, 1.165) is 5.56 Å². The predicted octanol–water partition coefficient (Wildman–Crippen LogP) is 3.30. The van der Waals surface area contributed by atoms with Gasteiger partial charge in [-0.25, -0.2) is 4.79 Å². The van der Waals surface area contributed by atoms with Crippen molar-refractivity contribution in [2.45, 2.75) is 26.7 Å². The fraction of sp³-hybridized carbons (Fsp3) is 0.308. The molecule has 2 heteroatoms. The van der Waals surface area contributed by atoms with Gasteiger partial charge in [-0.05, 0) is 30.0 Å². The summed E-state index contributed by atoms with van der Waals surface area (Å²) in [7, 11) is 0. The highest BCUT2D eigenvalue weighted by molar-refractivity contribution is 5.91. The van der Waals surface area contributed by atoms with Crippen LogP contribution in [0.1, 0.15) is 37.8 Å². The molecule has 0 spiro atoms. The Morgan fingerprint density at radius 3 is 2.20 bits per heavy atom. The van der Waals surface area contributed by atoms with Gasteiger partial charge in [0.15, 0.2) is 0 Å². The van der Waals surface area contributed by atoms with Gasteiger partial charge in [-0.2, -0.15) is 0 Å². The minimum atomic E-state index is -0.872. The van der Waals surface area contributed by atoms with Gasteiger partial charge < -0.3 is 5.11 Å². The van der Waals surface area contributed by atoms with E-state index in [0.29, 0.717) is 11.5 Å². The molecule has 0 radical (unpaired) electrons. The Kier molecular flexibility index (Phi) is 3.67. The van der Waals surface area contributed by atoms with Crippen LogP contribution >= 0.6 is 0 Å². The van der Waals surface area contributed by atoms with Crippen LogP contribution in [0.15, 0.2) is 29.8 Å². The lowest BCUT2D eigenvalue weighted by Gasteiger charge is -2.04. The van der Waals surface area contributed by atoms with E-state index in [1.54, 1.807) is 13.0 Å². The van der Waals surface area contributed by atoms with Gasteiger partial charge in [-0.15, -0.1) is 0 Å². The lowest BCUT2D eigenvalue weighted by Crippen LogP contribution is -1.95. The molecule has 1 aromatic rings. The summed E-state index contributed by atoms with van der Waals surface area (Å²) < 4.78 is 0. The summed E-state index contributed by atoms with van der Waals surface area (Å²) in [6.45, 7) is 5.86. The fourth-order valence-electron chi connectivity index (χ4n) is 1.29. The van der Waals surface area contributed by atoms with Gasteiger partial charge in [0.1, 0.15) is 0 Å². The van der Waals surface area contributed by atoms with Crippen LogP contribution in [0.5, 0.6) is 0 Å². The first-order valence-corrected chi connectivity index (χ1v) is 5.02. The third-order valence-corrected chi connectivity index (χ3v) is 2.32. The van der Waals surface area contributed by atoms with Gasteiger partial charge in [0.2, 0.25) is 0 Å². The molecule has 1 rings (SSSR count). The molecule has 0 saturated carbocycles. The Morgan fingerprint density at radius 2 is 1.80 bits per heavy atom. The number of carboxylic acids is 1. The molecule has 15 heavy (non-hydrogen) atoms. The van der Waals surface area contributed by atoms with Crippen LogP contribution in [0.25, 0.3) is 6.08 Å². The van der Waals surface area contributed by atoms with E-state index in [4.69, 9.17) is 5.11 Å². The minimum absolute atomic E-state index is 0.354. The van der Waals surface area contributed by atoms with Crippen molar-refractivity contribution in [3.05, 3.63) is 41.0 Å². The summed E-state index contributed by atoms with van der Waals surface area (Å²) in [6.07, 6.45) is 1.67. The fourth-order valence-corrected chi connectivity index (χ4v) is 1.29. The number of carbonyl (C=O) groups is 1. The number of rotatable bonds is 3. The van der Waals surface area contributed by atoms with Gasteiger partial charge in [0.05, 0.1) is 0 Å². The van der Waals surface area contributed by atoms with Crippen molar-refractivity contribution in [3.8, 4) is 0 Å². The normalized spacial score (nSPS) is 11.9. The standard InChI is InChI=1S/C13H16O2/c1-9(2)12-6-4-11(5-7-12)8-10(3)13(14)15/h4-9H,1-3H3,(H,14,15). The molecule has 1 aromatic carbocycles. The van der Waals surface area contributed by atoms with Crippen LogP contribution in [-0.4, -0.2) is 11.1 Å². The first-order chi connectivity index (χ1) is 7.00. The van der Waals surface area contributed by atoms with Crippen LogP contribution < -0.4 is 0 Å². The maximum absolute atomic E-state index is 10.6. The van der Waals surface area contributed by atoms with Crippen molar-refractivity contribution in [1.29, 1.82) is 0 Å². The first-order valence-electron chi connectivity index (χ1n) is 5.02. The van der Waals surface area contributed by atoms with Crippen LogP contribution in [0, 0.1) is 0 Å². The number of hydrogen-bond donors (Lipinski definition) is 1. The largest absolute Gasteiger partial charge is 0.478 e. The molecule has 0 heterocycles. The van der Waals surface area contributed by atoms with E-state index in [-0.39, 0.29) is 0 Å². The molecule has 0 fully saturated rings. The smallest absolute Gasteiger partial charge is 0.331 e. The van der Waals surface area contributed by atoms with E-state index in [9.17, 15) is 4.79 Å². The van der Waals surface area contributed by atoms with Crippen molar-refractivity contribution in [1.82, 2.24) is 0 Å². The number of carboxylic acid groups (broad SMARTS) is 1. The molecule has 0 amide bonds. The maximum Gasteiger partial charge on any atom is 0.331 e. The van der Waals surface area contributed by atoms with Gasteiger partial charge in [-0.3, -0.25) is 0 Å². The quantitative estimate of drug-likeness (QED) is 0.767. The maximum atomic E-state index is 10.6. The molecule has 0 atom stereocenters. The van der Waals surface area contributed by atoms with Crippen molar-refractivity contribution < 1.29 is 9.90 Å². The molecule has 0 unspecified atom stereocenters. The first kappa shape index (κ1) is 11.5. The second-order valence-electron chi connectivity index (χ2n) is 3.95. The second kappa shape index (κ2) is 4.78. The van der Waals surface area contributed by atoms with Gasteiger partial charge in [0, 0.05) is 5.57 Å². The van der Waals surface area contributed by atoms with E-state index in [2.05, 4.69) is 13.8 Å². The van der Waals surface area contributed by atoms with E-state index >= 15 is 0 Å². The Balaban J connectivity index is 2.90. The van der Waals surface area contributed by atoms with Gasteiger partial charge >= 0.3 is 5.97 Å². The SMILES string of the molecule is CC(=Cc1ccc(C(C)C)cc1)C(=O)O. The zero-order valence-electron chi connectivity index (χ0n) is 9.32. The summed E-state index contributed by atoms with van der Waals surface area (Å²) in [5.74, 6) is -0.369. The molecule has 80 valence electrons. The Labute approximate surface area is 90.3 Å².